The van der Waals surface area contributed by atoms with Crippen molar-refractivity contribution in [1.29, 1.82) is 0 Å². The molecule has 4 rings (SSSR count). The van der Waals surface area contributed by atoms with Gasteiger partial charge in [-0.3, -0.25) is 0 Å². The van der Waals surface area contributed by atoms with Gasteiger partial charge in [-0.25, -0.2) is 17.5 Å². The summed E-state index contributed by atoms with van der Waals surface area (Å²) < 4.78 is 56.8. The van der Waals surface area contributed by atoms with Crippen LogP contribution in [-0.2, 0) is 10.0 Å². The van der Waals surface area contributed by atoms with Crippen LogP contribution in [0, 0.1) is 6.92 Å². The summed E-state index contributed by atoms with van der Waals surface area (Å²) in [7, 11) is -1.61. The first-order chi connectivity index (χ1) is 16.3. The number of nitrogens with one attached hydrogen (secondary N) is 2. The molecular formula is C19H19ClFN7O5S. The molecule has 12 nitrogen and oxygen atoms in total. The Hall–Kier alpha value is -3.65. The van der Waals surface area contributed by atoms with E-state index < -0.39 is 16.7 Å². The Balaban J connectivity index is 1.75. The molecule has 2 N–H and O–H groups in total. The average Bonchev–Trinajstić information content (AvgIpc) is 3.43. The number of anilines is 1. The van der Waals surface area contributed by atoms with Gasteiger partial charge in [-0.2, -0.15) is 20.2 Å². The standard InChI is InChI=1S/C19H19ClFN7O5S/c1-10-8-23-28(26-10)15-12(20)5-4-11-13(9-22-14(11)15)34(29,30)27-19-24-17(31-2)16(33-7-6-21)18(25-19)32-3/h4-5,8-9,22H,6-7H2,1-3H3,(H,24,25,27). The molecule has 0 fully saturated rings. The molecule has 0 bridgehead atoms. The highest BCUT2D eigenvalue weighted by Gasteiger charge is 2.25. The fourth-order valence-electron chi connectivity index (χ4n) is 3.17. The largest absolute Gasteiger partial charge is 0.481 e. The van der Waals surface area contributed by atoms with Crippen LogP contribution < -0.4 is 18.9 Å². The van der Waals surface area contributed by atoms with Crippen molar-refractivity contribution in [2.24, 2.45) is 0 Å². The Morgan fingerprint density at radius 3 is 2.50 bits per heavy atom. The van der Waals surface area contributed by atoms with E-state index in [1.165, 1.54) is 25.2 Å². The van der Waals surface area contributed by atoms with Gasteiger partial charge in [0.1, 0.15) is 23.9 Å². The molecule has 0 atom stereocenters. The summed E-state index contributed by atoms with van der Waals surface area (Å²) in [6, 6.07) is 3.10. The third-order valence-corrected chi connectivity index (χ3v) is 6.25. The van der Waals surface area contributed by atoms with E-state index >= 15 is 0 Å². The second-order valence-corrected chi connectivity index (χ2v) is 8.84. The summed E-state index contributed by atoms with van der Waals surface area (Å²) >= 11 is 6.35. The van der Waals surface area contributed by atoms with Gasteiger partial charge in [-0.05, 0) is 19.1 Å². The number of hydrogen-bond donors (Lipinski definition) is 2. The zero-order valence-electron chi connectivity index (χ0n) is 18.2. The SMILES string of the molecule is COc1nc(NS(=O)(=O)c2c[nH]c3c(-n4ncc(C)n4)c(Cl)ccc23)nc(OC)c1OCCF. The topological polar surface area (TPSA) is 146 Å². The molecule has 0 unspecified atom stereocenters. The van der Waals surface area contributed by atoms with E-state index in [9.17, 15) is 12.8 Å². The van der Waals surface area contributed by atoms with Crippen LogP contribution in [0.4, 0.5) is 10.3 Å². The molecule has 0 aliphatic carbocycles. The number of nitrogens with zero attached hydrogens (tertiary/aromatic N) is 5. The Labute approximate surface area is 198 Å². The van der Waals surface area contributed by atoms with Gasteiger partial charge >= 0.3 is 0 Å². The van der Waals surface area contributed by atoms with E-state index in [0.717, 1.165) is 0 Å². The monoisotopic (exact) mass is 511 g/mol. The summed E-state index contributed by atoms with van der Waals surface area (Å²) in [6.45, 7) is 0.718. The highest BCUT2D eigenvalue weighted by Crippen LogP contribution is 2.36. The molecule has 0 aliphatic heterocycles. The Bertz CT molecular complexity index is 1430. The van der Waals surface area contributed by atoms with Crippen molar-refractivity contribution < 1.29 is 27.0 Å². The molecule has 0 amide bonds. The first-order valence-corrected chi connectivity index (χ1v) is 11.6. The van der Waals surface area contributed by atoms with Crippen LogP contribution in [0.2, 0.25) is 5.02 Å². The number of H-pyrrole nitrogens is 1. The van der Waals surface area contributed by atoms with Crippen molar-refractivity contribution in [3.05, 3.63) is 35.2 Å². The minimum Gasteiger partial charge on any atom is -0.481 e. The molecule has 0 aliphatic rings. The van der Waals surface area contributed by atoms with E-state index in [1.54, 1.807) is 25.3 Å². The first kappa shape index (κ1) is 23.5. The Morgan fingerprint density at radius 1 is 1.21 bits per heavy atom. The number of hydrogen-bond acceptors (Lipinski definition) is 9. The number of rotatable bonds is 9. The number of aromatic amines is 1. The molecule has 0 saturated heterocycles. The van der Waals surface area contributed by atoms with E-state index in [1.807, 2.05) is 0 Å². The molecular weight excluding hydrogens is 493 g/mol. The van der Waals surface area contributed by atoms with Gasteiger partial charge in [-0.1, -0.05) is 11.6 Å². The van der Waals surface area contributed by atoms with Crippen LogP contribution in [0.5, 0.6) is 17.5 Å². The summed E-state index contributed by atoms with van der Waals surface area (Å²) in [5.74, 6) is -0.662. The number of benzene rings is 1. The predicted molar refractivity (Wildman–Crippen MR) is 120 cm³/mol. The van der Waals surface area contributed by atoms with Gasteiger partial charge in [-0.15, -0.1) is 4.80 Å². The van der Waals surface area contributed by atoms with E-state index in [2.05, 4.69) is 29.9 Å². The molecule has 0 saturated carbocycles. The van der Waals surface area contributed by atoms with Gasteiger partial charge in [0.05, 0.1) is 36.6 Å². The highest BCUT2D eigenvalue weighted by molar-refractivity contribution is 7.93. The summed E-state index contributed by atoms with van der Waals surface area (Å²) in [5.41, 5.74) is 1.46. The molecule has 1 aromatic carbocycles. The van der Waals surface area contributed by atoms with E-state index in [0.29, 0.717) is 27.3 Å². The maximum absolute atomic E-state index is 13.2. The van der Waals surface area contributed by atoms with Crippen LogP contribution in [0.1, 0.15) is 5.69 Å². The molecule has 180 valence electrons. The normalized spacial score (nSPS) is 11.6. The molecule has 3 heterocycles. The third-order valence-electron chi connectivity index (χ3n) is 4.58. The van der Waals surface area contributed by atoms with Gasteiger partial charge in [0, 0.05) is 11.6 Å². The Morgan fingerprint density at radius 2 is 1.91 bits per heavy atom. The maximum Gasteiger partial charge on any atom is 0.266 e. The van der Waals surface area contributed by atoms with Crippen LogP contribution in [0.15, 0.2) is 29.4 Å². The smallest absolute Gasteiger partial charge is 0.266 e. The van der Waals surface area contributed by atoms with Crippen molar-refractivity contribution in [3.63, 3.8) is 0 Å². The van der Waals surface area contributed by atoms with Crippen molar-refractivity contribution >= 4 is 38.5 Å². The lowest BCUT2D eigenvalue weighted by molar-refractivity contribution is 0.240. The van der Waals surface area contributed by atoms with Crippen LogP contribution in [0.3, 0.4) is 0 Å². The summed E-state index contributed by atoms with van der Waals surface area (Å²) in [5, 5.41) is 9.07. The van der Waals surface area contributed by atoms with Crippen molar-refractivity contribution in [2.75, 3.05) is 32.2 Å². The average molecular weight is 512 g/mol. The van der Waals surface area contributed by atoms with Crippen molar-refractivity contribution in [1.82, 2.24) is 29.9 Å². The van der Waals surface area contributed by atoms with Gasteiger partial charge in [0.15, 0.2) is 0 Å². The zero-order valence-corrected chi connectivity index (χ0v) is 19.7. The fraction of sp³-hybridized carbons (Fsp3) is 0.263. The third kappa shape index (κ3) is 4.28. The quantitative estimate of drug-likeness (QED) is 0.346. The lowest BCUT2D eigenvalue weighted by Crippen LogP contribution is -2.16. The number of fused-ring (bicyclic) bond motifs is 1. The van der Waals surface area contributed by atoms with Crippen molar-refractivity contribution in [2.45, 2.75) is 11.8 Å². The van der Waals surface area contributed by atoms with E-state index in [-0.39, 0.29) is 35.0 Å². The second kappa shape index (κ2) is 9.30. The zero-order chi connectivity index (χ0) is 24.5. The van der Waals surface area contributed by atoms with Crippen molar-refractivity contribution in [3.8, 4) is 23.2 Å². The minimum absolute atomic E-state index is 0.0565. The van der Waals surface area contributed by atoms with Gasteiger partial charge in [0.25, 0.3) is 21.8 Å². The number of halogens is 2. The highest BCUT2D eigenvalue weighted by atomic mass is 35.5. The fourth-order valence-corrected chi connectivity index (χ4v) is 4.52. The summed E-state index contributed by atoms with van der Waals surface area (Å²) in [6.07, 6.45) is 2.85. The molecule has 4 aromatic rings. The first-order valence-electron chi connectivity index (χ1n) is 9.69. The van der Waals surface area contributed by atoms with Gasteiger partial charge in [0.2, 0.25) is 11.7 Å². The van der Waals surface area contributed by atoms with E-state index in [4.69, 9.17) is 25.8 Å². The predicted octanol–water partition coefficient (Wildman–Crippen LogP) is 2.67. The molecule has 15 heteroatoms. The summed E-state index contributed by atoms with van der Waals surface area (Å²) in [4.78, 5) is 12.2. The van der Waals surface area contributed by atoms with Crippen LogP contribution in [-0.4, -0.2) is 65.9 Å². The lowest BCUT2D eigenvalue weighted by Gasteiger charge is -2.14. The van der Waals surface area contributed by atoms with Gasteiger partial charge < -0.3 is 19.2 Å². The number of sulfonamides is 1. The molecule has 34 heavy (non-hydrogen) atoms. The number of aromatic nitrogens is 6. The number of methoxy groups -OCH3 is 2. The van der Waals surface area contributed by atoms with Crippen LogP contribution in [0.25, 0.3) is 16.6 Å². The minimum atomic E-state index is -4.19. The Kier molecular flexibility index (Phi) is 6.43. The second-order valence-electron chi connectivity index (χ2n) is 6.78. The molecule has 0 radical (unpaired) electrons. The molecule has 0 spiro atoms. The number of alkyl halides is 1. The number of aryl methyl sites for hydroxylation is 1. The molecule has 3 aromatic heterocycles. The maximum atomic E-state index is 13.2. The van der Waals surface area contributed by atoms with Crippen LogP contribution >= 0.6 is 11.6 Å². The lowest BCUT2D eigenvalue weighted by atomic mass is 10.2. The number of ether oxygens (including phenoxy) is 3.